The number of aromatic hydroxyl groups is 1. The van der Waals surface area contributed by atoms with Gasteiger partial charge in [0.2, 0.25) is 0 Å². The zero-order valence-corrected chi connectivity index (χ0v) is 22.0. The molecule has 0 saturated carbocycles. The Kier molecular flexibility index (Phi) is 6.48. The molecule has 0 atom stereocenters. The fourth-order valence-corrected chi connectivity index (χ4v) is 5.38. The molecule has 0 unspecified atom stereocenters. The van der Waals surface area contributed by atoms with Gasteiger partial charge in [-0.25, -0.2) is 19.0 Å². The lowest BCUT2D eigenvalue weighted by atomic mass is 10.0. The number of morpholine rings is 1. The third-order valence-corrected chi connectivity index (χ3v) is 7.61. The molecule has 2 fully saturated rings. The number of ether oxygens (including phenoxy) is 1. The number of nitrogens with one attached hydrogen (secondary N) is 1. The van der Waals surface area contributed by atoms with Crippen molar-refractivity contribution < 1.29 is 24.0 Å². The first kappa shape index (κ1) is 25.3. The molecule has 0 spiro atoms. The molecular weight excluding hydrogens is 527 g/mol. The van der Waals surface area contributed by atoms with E-state index >= 15 is 0 Å². The van der Waals surface area contributed by atoms with E-state index in [4.69, 9.17) is 16.3 Å². The third kappa shape index (κ3) is 4.61. The van der Waals surface area contributed by atoms with Gasteiger partial charge in [-0.15, -0.1) is 0 Å². The van der Waals surface area contributed by atoms with Crippen molar-refractivity contribution in [2.24, 2.45) is 4.99 Å². The molecule has 2 N–H and O–H groups in total. The molecule has 2 aromatic heterocycles. The monoisotopic (exact) mass is 553 g/mol. The third-order valence-electron chi connectivity index (χ3n) is 7.32. The Labute approximate surface area is 228 Å². The van der Waals surface area contributed by atoms with Crippen molar-refractivity contribution >= 4 is 40.4 Å². The van der Waals surface area contributed by atoms with Gasteiger partial charge in [0.25, 0.3) is 5.75 Å². The van der Waals surface area contributed by atoms with Crippen LogP contribution in [0.1, 0.15) is 17.7 Å². The van der Waals surface area contributed by atoms with Crippen LogP contribution in [-0.2, 0) is 11.2 Å². The van der Waals surface area contributed by atoms with Crippen LogP contribution < -0.4 is 20.3 Å². The standard InChI is InChI=1S/C27H26ClFN6O4/c1-32-4-5-34(27(32)38)22-13-18(33-6-8-39-9-7-33)15-35-25(22)31-23(24(36)26(35)37)21-12-17(14-30-21)10-16-2-3-20(29)19(28)11-16/h2-3,11,13-15,36H,4-10,12H2,1H3/p+1. The number of hydrogen-bond acceptors (Lipinski definition) is 6. The molecule has 6 rings (SSSR count). The van der Waals surface area contributed by atoms with E-state index in [1.807, 2.05) is 6.07 Å². The lowest BCUT2D eigenvalue weighted by molar-refractivity contribution is -0.353. The predicted molar refractivity (Wildman–Crippen MR) is 145 cm³/mol. The average Bonchev–Trinajstić information content (AvgIpc) is 3.54. The minimum absolute atomic E-state index is 0.0480. The molecule has 0 bridgehead atoms. The Hall–Kier alpha value is -3.96. The van der Waals surface area contributed by atoms with E-state index in [2.05, 4.69) is 14.9 Å². The number of fused-ring (bicyclic) bond motifs is 1. The second kappa shape index (κ2) is 9.97. The highest BCUT2D eigenvalue weighted by molar-refractivity contribution is 6.30. The Balaban J connectivity index is 1.39. The summed E-state index contributed by atoms with van der Waals surface area (Å²) in [4.78, 5) is 39.5. The van der Waals surface area contributed by atoms with E-state index in [9.17, 15) is 19.1 Å². The lowest BCUT2D eigenvalue weighted by Gasteiger charge is -2.29. The van der Waals surface area contributed by atoms with E-state index in [-0.39, 0.29) is 16.7 Å². The maximum absolute atomic E-state index is 13.6. The van der Waals surface area contributed by atoms with Crippen molar-refractivity contribution in [3.63, 3.8) is 0 Å². The summed E-state index contributed by atoms with van der Waals surface area (Å²) in [7, 11) is 1.73. The van der Waals surface area contributed by atoms with Gasteiger partial charge in [0, 0.05) is 45.8 Å². The van der Waals surface area contributed by atoms with Crippen molar-refractivity contribution in [1.82, 2.24) is 9.30 Å². The molecule has 39 heavy (non-hydrogen) atoms. The molecule has 2 amide bonds. The quantitative estimate of drug-likeness (QED) is 0.523. The largest absolute Gasteiger partial charge is 0.498 e. The van der Waals surface area contributed by atoms with E-state index in [0.717, 1.165) is 16.8 Å². The number of benzene rings is 1. The van der Waals surface area contributed by atoms with Gasteiger partial charge >= 0.3 is 17.2 Å². The maximum Gasteiger partial charge on any atom is 0.385 e. The number of likely N-dealkylation sites (N-methyl/N-ethyl adjacent to an activating group) is 1. The summed E-state index contributed by atoms with van der Waals surface area (Å²) >= 11 is 5.93. The zero-order valence-electron chi connectivity index (χ0n) is 21.3. The summed E-state index contributed by atoms with van der Waals surface area (Å²) in [5.74, 6) is -0.940. The van der Waals surface area contributed by atoms with Gasteiger partial charge in [-0.05, 0) is 35.8 Å². The summed E-state index contributed by atoms with van der Waals surface area (Å²) in [6.45, 7) is 3.42. The zero-order chi connectivity index (χ0) is 27.3. The van der Waals surface area contributed by atoms with Crippen molar-refractivity contribution in [2.75, 3.05) is 56.2 Å². The van der Waals surface area contributed by atoms with Gasteiger partial charge in [0.05, 0.1) is 29.6 Å². The SMILES string of the molecule is CN1CCN(c2cc(N3CCOCC3)cn3c(=O)c(O)c(C4=NC=C(Cc5ccc(F)c(Cl)c5)C4)[nH+]c23)C1=O. The van der Waals surface area contributed by atoms with Crippen molar-refractivity contribution in [3.8, 4) is 5.75 Å². The van der Waals surface area contributed by atoms with Gasteiger partial charge in [-0.2, -0.15) is 4.40 Å². The van der Waals surface area contributed by atoms with Gasteiger partial charge in [0.1, 0.15) is 17.7 Å². The lowest BCUT2D eigenvalue weighted by Crippen LogP contribution is -2.38. The summed E-state index contributed by atoms with van der Waals surface area (Å²) in [5, 5.41) is 11.0. The van der Waals surface area contributed by atoms with Gasteiger partial charge in [0.15, 0.2) is 5.69 Å². The number of rotatable bonds is 5. The number of aromatic amines is 1. The Morgan fingerprint density at radius 2 is 1.95 bits per heavy atom. The van der Waals surface area contributed by atoms with E-state index in [0.29, 0.717) is 69.3 Å². The molecule has 12 heteroatoms. The molecule has 3 aliphatic rings. The Morgan fingerprint density at radius 3 is 2.67 bits per heavy atom. The summed E-state index contributed by atoms with van der Waals surface area (Å²) < 4.78 is 20.4. The number of carbonyl (C=O) groups excluding carboxylic acids is 1. The van der Waals surface area contributed by atoms with Crippen LogP contribution in [0, 0.1) is 5.82 Å². The van der Waals surface area contributed by atoms with Crippen LogP contribution in [0.25, 0.3) is 5.65 Å². The number of anilines is 2. The van der Waals surface area contributed by atoms with Crippen LogP contribution >= 0.6 is 11.6 Å². The fourth-order valence-electron chi connectivity index (χ4n) is 5.18. The van der Waals surface area contributed by atoms with Crippen molar-refractivity contribution in [3.05, 3.63) is 74.7 Å². The molecule has 3 aliphatic heterocycles. The topological polar surface area (TPSA) is 104 Å². The number of H-pyrrole nitrogens is 1. The number of nitrogens with zero attached hydrogens (tertiary/aromatic N) is 5. The molecule has 0 radical (unpaired) electrons. The van der Waals surface area contributed by atoms with Crippen molar-refractivity contribution in [2.45, 2.75) is 12.8 Å². The van der Waals surface area contributed by atoms with Crippen LogP contribution in [0.5, 0.6) is 5.75 Å². The number of pyridine rings is 1. The predicted octanol–water partition coefficient (Wildman–Crippen LogP) is 2.64. The molecule has 3 aromatic rings. The second-order valence-electron chi connectivity index (χ2n) is 9.88. The maximum atomic E-state index is 13.6. The first-order valence-corrected chi connectivity index (χ1v) is 13.1. The first-order chi connectivity index (χ1) is 18.8. The van der Waals surface area contributed by atoms with Gasteiger partial charge < -0.3 is 19.6 Å². The normalized spacial score (nSPS) is 17.8. The highest BCUT2D eigenvalue weighted by Crippen LogP contribution is 2.30. The Bertz CT molecular complexity index is 1610. The van der Waals surface area contributed by atoms with Gasteiger partial charge in [-0.3, -0.25) is 9.89 Å². The van der Waals surface area contributed by atoms with Crippen LogP contribution in [0.2, 0.25) is 5.02 Å². The number of hydrogen-bond donors (Lipinski definition) is 1. The molecule has 0 aliphatic carbocycles. The van der Waals surface area contributed by atoms with E-state index < -0.39 is 17.1 Å². The average molecular weight is 554 g/mol. The van der Waals surface area contributed by atoms with Crippen LogP contribution in [0.15, 0.2) is 52.0 Å². The molecule has 1 aromatic carbocycles. The highest BCUT2D eigenvalue weighted by Gasteiger charge is 2.34. The number of aliphatic imine (C=N–C) groups is 1. The number of urea groups is 1. The molecule has 10 nitrogen and oxygen atoms in total. The number of halogens is 2. The van der Waals surface area contributed by atoms with E-state index in [1.165, 1.54) is 10.5 Å². The number of allylic oxidation sites excluding steroid dienone is 1. The summed E-state index contributed by atoms with van der Waals surface area (Å²) in [6.07, 6.45) is 4.22. The summed E-state index contributed by atoms with van der Waals surface area (Å²) in [6, 6.07) is 6.28. The minimum Gasteiger partial charge on any atom is -0.498 e. The second-order valence-corrected chi connectivity index (χ2v) is 10.3. The number of amides is 2. The van der Waals surface area contributed by atoms with Crippen molar-refractivity contribution in [1.29, 1.82) is 0 Å². The molecule has 5 heterocycles. The molecule has 2 saturated heterocycles. The van der Waals surface area contributed by atoms with Crippen LogP contribution in [0.4, 0.5) is 20.6 Å². The fraction of sp³-hybridized carbons (Fsp3) is 0.333. The Morgan fingerprint density at radius 1 is 1.15 bits per heavy atom. The van der Waals surface area contributed by atoms with Gasteiger partial charge in [-0.1, -0.05) is 17.7 Å². The highest BCUT2D eigenvalue weighted by atomic mass is 35.5. The smallest absolute Gasteiger partial charge is 0.385 e. The first-order valence-electron chi connectivity index (χ1n) is 12.7. The molecular formula is C27H27ClFN6O4+. The number of carbonyl (C=O) groups is 1. The summed E-state index contributed by atoms with van der Waals surface area (Å²) in [5.41, 5.74) is 3.49. The van der Waals surface area contributed by atoms with E-state index in [1.54, 1.807) is 41.4 Å². The van der Waals surface area contributed by atoms with Crippen LogP contribution in [0.3, 0.4) is 0 Å². The number of aromatic nitrogens is 2. The molecule has 202 valence electrons. The minimum atomic E-state index is -0.614. The van der Waals surface area contributed by atoms with Crippen LogP contribution in [-0.4, -0.2) is 72.6 Å².